The average Bonchev–Trinajstić information content (AvgIpc) is 2.36. The largest absolute Gasteiger partial charge is 0.308 e. The first-order valence-electron chi connectivity index (χ1n) is 5.62. The Balaban J connectivity index is 2.73. The normalized spacial score (nSPS) is 16.0. The fraction of sp³-hybridized carbons (Fsp3) is 0.385. The molecule has 1 rings (SSSR count). The lowest BCUT2D eigenvalue weighted by Crippen LogP contribution is -2.25. The molecule has 0 unspecified atom stereocenters. The molecule has 17 heavy (non-hydrogen) atoms. The van der Waals surface area contributed by atoms with E-state index >= 15 is 0 Å². The number of nitrogens with zero attached hydrogens (tertiary/aromatic N) is 1. The number of aldehydes is 1. The minimum atomic E-state index is -0.147. The summed E-state index contributed by atoms with van der Waals surface area (Å²) in [5.41, 5.74) is 1.31. The van der Waals surface area contributed by atoms with Crippen molar-refractivity contribution in [3.8, 4) is 0 Å². The molecule has 1 aliphatic rings. The Hall–Kier alpha value is -1.71. The second-order valence-electron chi connectivity index (χ2n) is 3.83. The zero-order valence-electron chi connectivity index (χ0n) is 9.86. The van der Waals surface area contributed by atoms with Crippen molar-refractivity contribution in [2.24, 2.45) is 0 Å². The van der Waals surface area contributed by atoms with E-state index in [1.165, 1.54) is 11.0 Å². The predicted octanol–water partition coefficient (Wildman–Crippen LogP) is 2.51. The fourth-order valence-electron chi connectivity index (χ4n) is 1.64. The van der Waals surface area contributed by atoms with E-state index in [1.807, 2.05) is 6.92 Å². The first-order valence-corrected chi connectivity index (χ1v) is 5.62. The summed E-state index contributed by atoms with van der Waals surface area (Å²) < 4.78 is 12.8. The van der Waals surface area contributed by atoms with Gasteiger partial charge in [-0.1, -0.05) is 19.1 Å². The third-order valence-electron chi connectivity index (χ3n) is 2.55. The quantitative estimate of drug-likeness (QED) is 0.526. The standard InChI is InChI=1S/C13H16FNO2/c1-2-3-13(9-16)15(10-17)8-11-4-6-12(14)7-5-11/h3-4,6,9-10H,2,5,7-8H2,1H3/b13-3-. The third-order valence-corrected chi connectivity index (χ3v) is 2.55. The van der Waals surface area contributed by atoms with E-state index in [2.05, 4.69) is 0 Å². The van der Waals surface area contributed by atoms with Crippen molar-refractivity contribution in [1.82, 2.24) is 4.90 Å². The molecule has 0 radical (unpaired) electrons. The van der Waals surface area contributed by atoms with Crippen molar-refractivity contribution in [1.29, 1.82) is 0 Å². The Kier molecular flexibility index (Phi) is 5.33. The van der Waals surface area contributed by atoms with E-state index in [0.717, 1.165) is 5.57 Å². The van der Waals surface area contributed by atoms with Gasteiger partial charge in [-0.25, -0.2) is 4.39 Å². The van der Waals surface area contributed by atoms with Gasteiger partial charge < -0.3 is 4.90 Å². The summed E-state index contributed by atoms with van der Waals surface area (Å²) >= 11 is 0. The summed E-state index contributed by atoms with van der Waals surface area (Å²) in [6.45, 7) is 2.24. The van der Waals surface area contributed by atoms with Crippen LogP contribution in [0, 0.1) is 0 Å². The van der Waals surface area contributed by atoms with E-state index in [1.54, 1.807) is 12.2 Å². The molecule has 0 aromatic rings. The summed E-state index contributed by atoms with van der Waals surface area (Å²) in [6, 6.07) is 0. The number of carbonyl (C=O) groups excluding carboxylic acids is 2. The zero-order valence-corrected chi connectivity index (χ0v) is 9.86. The number of halogens is 1. The van der Waals surface area contributed by atoms with Crippen LogP contribution in [0.4, 0.5) is 4.39 Å². The van der Waals surface area contributed by atoms with Crippen LogP contribution in [0.2, 0.25) is 0 Å². The van der Waals surface area contributed by atoms with Crippen molar-refractivity contribution in [2.45, 2.75) is 26.2 Å². The van der Waals surface area contributed by atoms with Crippen LogP contribution in [0.25, 0.3) is 0 Å². The molecule has 0 N–H and O–H groups in total. The monoisotopic (exact) mass is 237 g/mol. The van der Waals surface area contributed by atoms with Crippen molar-refractivity contribution in [3.63, 3.8) is 0 Å². The number of hydrogen-bond acceptors (Lipinski definition) is 2. The molecule has 0 spiro atoms. The number of carbonyl (C=O) groups is 2. The Morgan fingerprint density at radius 3 is 2.65 bits per heavy atom. The van der Waals surface area contributed by atoms with Crippen molar-refractivity contribution in [2.75, 3.05) is 6.54 Å². The maximum absolute atomic E-state index is 12.8. The van der Waals surface area contributed by atoms with Crippen LogP contribution >= 0.6 is 0 Å². The minimum Gasteiger partial charge on any atom is -0.308 e. The van der Waals surface area contributed by atoms with Crippen LogP contribution in [0.3, 0.4) is 0 Å². The van der Waals surface area contributed by atoms with Crippen LogP contribution in [-0.2, 0) is 9.59 Å². The molecule has 0 bridgehead atoms. The Labute approximate surface area is 100 Å². The Morgan fingerprint density at radius 1 is 1.41 bits per heavy atom. The predicted molar refractivity (Wildman–Crippen MR) is 63.7 cm³/mol. The van der Waals surface area contributed by atoms with Crippen molar-refractivity contribution in [3.05, 3.63) is 35.3 Å². The molecule has 0 heterocycles. The fourth-order valence-corrected chi connectivity index (χ4v) is 1.64. The molecular weight excluding hydrogens is 221 g/mol. The van der Waals surface area contributed by atoms with Crippen LogP contribution in [-0.4, -0.2) is 24.1 Å². The van der Waals surface area contributed by atoms with Gasteiger partial charge in [-0.15, -0.1) is 0 Å². The highest BCUT2D eigenvalue weighted by Gasteiger charge is 2.12. The van der Waals surface area contributed by atoms with Crippen molar-refractivity contribution < 1.29 is 14.0 Å². The second kappa shape index (κ2) is 6.78. The molecule has 1 amide bonds. The highest BCUT2D eigenvalue weighted by atomic mass is 19.1. The topological polar surface area (TPSA) is 37.4 Å². The van der Waals surface area contributed by atoms with Gasteiger partial charge in [-0.2, -0.15) is 0 Å². The third kappa shape index (κ3) is 3.98. The van der Waals surface area contributed by atoms with Gasteiger partial charge in [-0.3, -0.25) is 9.59 Å². The number of rotatable bonds is 6. The summed E-state index contributed by atoms with van der Waals surface area (Å²) in [7, 11) is 0. The van der Waals surface area contributed by atoms with E-state index in [0.29, 0.717) is 44.2 Å². The van der Waals surface area contributed by atoms with E-state index in [-0.39, 0.29) is 5.83 Å². The van der Waals surface area contributed by atoms with E-state index in [9.17, 15) is 14.0 Å². The molecule has 1 aliphatic carbocycles. The van der Waals surface area contributed by atoms with Crippen molar-refractivity contribution >= 4 is 12.7 Å². The average molecular weight is 237 g/mol. The molecule has 4 heteroatoms. The first-order chi connectivity index (χ1) is 8.21. The molecule has 0 atom stereocenters. The zero-order chi connectivity index (χ0) is 12.7. The number of amides is 1. The first kappa shape index (κ1) is 13.4. The lowest BCUT2D eigenvalue weighted by molar-refractivity contribution is -0.118. The van der Waals surface area contributed by atoms with Crippen LogP contribution in [0.5, 0.6) is 0 Å². The van der Waals surface area contributed by atoms with Crippen LogP contribution in [0.1, 0.15) is 26.2 Å². The molecule has 0 aromatic carbocycles. The molecule has 0 saturated heterocycles. The van der Waals surface area contributed by atoms with E-state index < -0.39 is 0 Å². The van der Waals surface area contributed by atoms with Gasteiger partial charge in [0.25, 0.3) is 0 Å². The maximum Gasteiger partial charge on any atom is 0.214 e. The number of hydrogen-bond donors (Lipinski definition) is 0. The van der Waals surface area contributed by atoms with Gasteiger partial charge in [-0.05, 0) is 24.5 Å². The number of allylic oxidation sites excluding steroid dienone is 5. The Morgan fingerprint density at radius 2 is 2.18 bits per heavy atom. The Bertz CT molecular complexity index is 383. The second-order valence-corrected chi connectivity index (χ2v) is 3.83. The van der Waals surface area contributed by atoms with Gasteiger partial charge in [0.05, 0.1) is 5.70 Å². The minimum absolute atomic E-state index is 0.147. The summed E-state index contributed by atoms with van der Waals surface area (Å²) in [6.07, 6.45) is 7.71. The summed E-state index contributed by atoms with van der Waals surface area (Å²) in [5.74, 6) is -0.147. The molecular formula is C13H16FNO2. The summed E-state index contributed by atoms with van der Waals surface area (Å²) in [5, 5.41) is 0. The molecule has 0 saturated carbocycles. The lowest BCUT2D eigenvalue weighted by atomic mass is 10.0. The highest BCUT2D eigenvalue weighted by Crippen LogP contribution is 2.20. The smallest absolute Gasteiger partial charge is 0.214 e. The van der Waals surface area contributed by atoms with Gasteiger partial charge in [0.1, 0.15) is 5.83 Å². The van der Waals surface area contributed by atoms with Gasteiger partial charge >= 0.3 is 0 Å². The van der Waals surface area contributed by atoms with Crippen LogP contribution in [0.15, 0.2) is 35.3 Å². The molecule has 0 fully saturated rings. The maximum atomic E-state index is 12.8. The van der Waals surface area contributed by atoms with Gasteiger partial charge in [0.15, 0.2) is 6.29 Å². The van der Waals surface area contributed by atoms with Gasteiger partial charge in [0.2, 0.25) is 6.41 Å². The highest BCUT2D eigenvalue weighted by molar-refractivity contribution is 5.77. The summed E-state index contributed by atoms with van der Waals surface area (Å²) in [4.78, 5) is 23.1. The SMILES string of the molecule is CC/C=C(/C=O)N(C=O)CC1=CC=C(F)CC1. The van der Waals surface area contributed by atoms with E-state index in [4.69, 9.17) is 0 Å². The van der Waals surface area contributed by atoms with Gasteiger partial charge in [0, 0.05) is 13.0 Å². The molecule has 3 nitrogen and oxygen atoms in total. The lowest BCUT2D eigenvalue weighted by Gasteiger charge is -2.20. The molecule has 0 aromatic heterocycles. The van der Waals surface area contributed by atoms with Crippen LogP contribution < -0.4 is 0 Å². The molecule has 92 valence electrons. The molecule has 0 aliphatic heterocycles.